The van der Waals surface area contributed by atoms with Crippen molar-refractivity contribution in [3.05, 3.63) is 76.4 Å². The summed E-state index contributed by atoms with van der Waals surface area (Å²) in [6.45, 7) is 0. The molecular formula is C21H18N10O2. The van der Waals surface area contributed by atoms with Crippen LogP contribution in [0.15, 0.2) is 55.0 Å². The number of nitrogens with one attached hydrogen (secondary N) is 2. The third kappa shape index (κ3) is 4.73. The second-order valence-electron chi connectivity index (χ2n) is 7.00. The molecule has 0 aliphatic heterocycles. The number of nitrogen functional groups attached to an aromatic ring is 1. The van der Waals surface area contributed by atoms with E-state index in [4.69, 9.17) is 16.7 Å². The molecule has 1 atom stereocenters. The lowest BCUT2D eigenvalue weighted by Gasteiger charge is -2.15. The molecule has 33 heavy (non-hydrogen) atoms. The van der Waals surface area contributed by atoms with Gasteiger partial charge in [0.1, 0.15) is 5.82 Å². The highest BCUT2D eigenvalue weighted by Crippen LogP contribution is 2.29. The number of anilines is 2. The van der Waals surface area contributed by atoms with Gasteiger partial charge in [0, 0.05) is 42.3 Å². The minimum Gasteiger partial charge on any atom is -0.378 e. The monoisotopic (exact) mass is 442 g/mol. The van der Waals surface area contributed by atoms with Crippen molar-refractivity contribution in [2.45, 2.75) is 12.6 Å². The molecule has 3 aromatic heterocycles. The summed E-state index contributed by atoms with van der Waals surface area (Å²) >= 11 is 0. The van der Waals surface area contributed by atoms with Crippen molar-refractivity contribution in [1.82, 2.24) is 24.9 Å². The first-order chi connectivity index (χ1) is 15.9. The Kier molecular flexibility index (Phi) is 5.87. The fraction of sp³-hybridized carbons (Fsp3) is 0.0952. The van der Waals surface area contributed by atoms with Crippen LogP contribution in [0.3, 0.4) is 0 Å². The number of aromatic nitrogens is 5. The van der Waals surface area contributed by atoms with Crippen molar-refractivity contribution >= 4 is 17.5 Å². The van der Waals surface area contributed by atoms with Gasteiger partial charge < -0.3 is 21.8 Å². The van der Waals surface area contributed by atoms with Crippen molar-refractivity contribution in [3.63, 3.8) is 0 Å². The van der Waals surface area contributed by atoms with Crippen molar-refractivity contribution < 1.29 is 4.92 Å². The number of hydrogen-bond acceptors (Lipinski definition) is 10. The SMILES string of the molecule is N#Cc1ccc(-c2nc(NC(N)Cc3ccc([N+](=O)[O-])c(N)n3)ncc2-c2ncc[nH]2)cc1. The zero-order valence-electron chi connectivity index (χ0n) is 17.1. The first-order valence-electron chi connectivity index (χ1n) is 9.74. The molecule has 0 fully saturated rings. The second-order valence-corrected chi connectivity index (χ2v) is 7.00. The van der Waals surface area contributed by atoms with E-state index in [0.29, 0.717) is 28.3 Å². The molecule has 12 nitrogen and oxygen atoms in total. The van der Waals surface area contributed by atoms with Gasteiger partial charge in [0.25, 0.3) is 0 Å². The first kappa shape index (κ1) is 21.3. The number of nitrogens with two attached hydrogens (primary N) is 2. The van der Waals surface area contributed by atoms with Gasteiger partial charge in [0.2, 0.25) is 11.8 Å². The van der Waals surface area contributed by atoms with Crippen LogP contribution in [0.2, 0.25) is 0 Å². The van der Waals surface area contributed by atoms with E-state index < -0.39 is 11.1 Å². The minimum atomic E-state index is -0.637. The Balaban J connectivity index is 1.59. The second kappa shape index (κ2) is 9.08. The van der Waals surface area contributed by atoms with Crippen LogP contribution in [0.1, 0.15) is 11.3 Å². The molecule has 1 aromatic carbocycles. The highest BCUT2D eigenvalue weighted by molar-refractivity contribution is 5.77. The molecule has 1 unspecified atom stereocenters. The minimum absolute atomic E-state index is 0.174. The third-order valence-electron chi connectivity index (χ3n) is 4.73. The molecule has 0 aliphatic carbocycles. The summed E-state index contributed by atoms with van der Waals surface area (Å²) in [5.41, 5.74) is 14.6. The number of rotatable bonds is 7. The lowest BCUT2D eigenvalue weighted by atomic mass is 10.1. The molecule has 0 saturated carbocycles. The van der Waals surface area contributed by atoms with Gasteiger partial charge >= 0.3 is 5.69 Å². The summed E-state index contributed by atoms with van der Waals surface area (Å²) < 4.78 is 0. The van der Waals surface area contributed by atoms with Crippen molar-refractivity contribution in [3.8, 4) is 28.7 Å². The molecular weight excluding hydrogens is 424 g/mol. The fourth-order valence-electron chi connectivity index (χ4n) is 3.18. The number of nitriles is 1. The summed E-state index contributed by atoms with van der Waals surface area (Å²) in [5, 5.41) is 23.0. The Hall–Kier alpha value is -4.89. The summed E-state index contributed by atoms with van der Waals surface area (Å²) in [4.78, 5) is 30.6. The van der Waals surface area contributed by atoms with Crippen LogP contribution in [-0.2, 0) is 6.42 Å². The van der Waals surface area contributed by atoms with Gasteiger partial charge in [0.05, 0.1) is 34.0 Å². The van der Waals surface area contributed by atoms with E-state index in [1.807, 2.05) is 0 Å². The topological polar surface area (TPSA) is 198 Å². The maximum Gasteiger partial charge on any atom is 0.311 e. The lowest BCUT2D eigenvalue weighted by Crippen LogP contribution is -2.33. The third-order valence-corrected chi connectivity index (χ3v) is 4.73. The molecule has 0 amide bonds. The number of imidazole rings is 1. The zero-order chi connectivity index (χ0) is 23.4. The van der Waals surface area contributed by atoms with Crippen LogP contribution in [0, 0.1) is 21.4 Å². The summed E-state index contributed by atoms with van der Waals surface area (Å²) in [6, 6.07) is 11.9. The average Bonchev–Trinajstić information content (AvgIpc) is 3.33. The van der Waals surface area contributed by atoms with Gasteiger partial charge in [-0.25, -0.2) is 19.9 Å². The Morgan fingerprint density at radius 2 is 1.97 bits per heavy atom. The predicted molar refractivity (Wildman–Crippen MR) is 120 cm³/mol. The van der Waals surface area contributed by atoms with Crippen molar-refractivity contribution in [2.24, 2.45) is 5.73 Å². The van der Waals surface area contributed by atoms with Crippen molar-refractivity contribution in [2.75, 3.05) is 11.1 Å². The van der Waals surface area contributed by atoms with E-state index in [9.17, 15) is 10.1 Å². The molecule has 12 heteroatoms. The Morgan fingerprint density at radius 1 is 1.18 bits per heavy atom. The lowest BCUT2D eigenvalue weighted by molar-refractivity contribution is -0.384. The molecule has 0 bridgehead atoms. The van der Waals surface area contributed by atoms with E-state index in [2.05, 4.69) is 36.3 Å². The maximum absolute atomic E-state index is 10.9. The summed E-state index contributed by atoms with van der Waals surface area (Å²) in [5.74, 6) is 0.690. The van der Waals surface area contributed by atoms with Crippen LogP contribution in [0.4, 0.5) is 17.5 Å². The highest BCUT2D eigenvalue weighted by Gasteiger charge is 2.17. The van der Waals surface area contributed by atoms with Crippen LogP contribution in [-0.4, -0.2) is 36.0 Å². The Bertz CT molecular complexity index is 1330. The summed E-state index contributed by atoms with van der Waals surface area (Å²) in [6.07, 6.45) is 4.54. The molecule has 6 N–H and O–H groups in total. The smallest absolute Gasteiger partial charge is 0.311 e. The Morgan fingerprint density at radius 3 is 2.61 bits per heavy atom. The number of nitro groups is 1. The van der Waals surface area contributed by atoms with Gasteiger partial charge in [0.15, 0.2) is 0 Å². The van der Waals surface area contributed by atoms with Crippen LogP contribution in [0.25, 0.3) is 22.6 Å². The number of hydrogen-bond donors (Lipinski definition) is 4. The molecule has 164 valence electrons. The van der Waals surface area contributed by atoms with Gasteiger partial charge in [-0.05, 0) is 18.2 Å². The van der Waals surface area contributed by atoms with Crippen LogP contribution >= 0.6 is 0 Å². The van der Waals surface area contributed by atoms with E-state index in [1.165, 1.54) is 12.1 Å². The normalized spacial score (nSPS) is 11.5. The van der Waals surface area contributed by atoms with Crippen molar-refractivity contribution in [1.29, 1.82) is 5.26 Å². The zero-order valence-corrected chi connectivity index (χ0v) is 17.1. The molecule has 4 rings (SSSR count). The molecule has 0 spiro atoms. The van der Waals surface area contributed by atoms with E-state index >= 15 is 0 Å². The Labute approximate surface area is 187 Å². The first-order valence-corrected chi connectivity index (χ1v) is 9.74. The van der Waals surface area contributed by atoms with E-state index in [0.717, 1.165) is 5.56 Å². The number of aromatic amines is 1. The predicted octanol–water partition coefficient (Wildman–Crippen LogP) is 2.23. The summed E-state index contributed by atoms with van der Waals surface area (Å²) in [7, 11) is 0. The van der Waals surface area contributed by atoms with Crippen LogP contribution < -0.4 is 16.8 Å². The standard InChI is InChI=1S/C21H18N10O2/c22-10-12-1-3-13(4-2-12)18-15(20-25-7-8-26-20)11-27-21(30-18)29-17(23)9-14-5-6-16(31(32)33)19(24)28-14/h1-8,11,17H,9,23H2,(H2,24,28)(H,25,26)(H,27,29,30). The largest absolute Gasteiger partial charge is 0.378 e. The van der Waals surface area contributed by atoms with Gasteiger partial charge in [-0.1, -0.05) is 12.1 Å². The number of pyridine rings is 1. The highest BCUT2D eigenvalue weighted by atomic mass is 16.6. The van der Waals surface area contributed by atoms with Gasteiger partial charge in [-0.3, -0.25) is 10.1 Å². The molecule has 4 aromatic rings. The molecule has 0 saturated heterocycles. The molecule has 0 aliphatic rings. The fourth-order valence-corrected chi connectivity index (χ4v) is 3.18. The van der Waals surface area contributed by atoms with E-state index in [-0.39, 0.29) is 23.9 Å². The number of benzene rings is 1. The average molecular weight is 442 g/mol. The van der Waals surface area contributed by atoms with E-state index in [1.54, 1.807) is 42.9 Å². The quantitative estimate of drug-likeness (QED) is 0.187. The maximum atomic E-state index is 10.9. The van der Waals surface area contributed by atoms with Crippen LogP contribution in [0.5, 0.6) is 0 Å². The number of H-pyrrole nitrogens is 1. The van der Waals surface area contributed by atoms with Gasteiger partial charge in [-0.2, -0.15) is 5.26 Å². The van der Waals surface area contributed by atoms with Gasteiger partial charge in [-0.15, -0.1) is 0 Å². The number of nitrogens with zero attached hydrogens (tertiary/aromatic N) is 6. The molecule has 0 radical (unpaired) electrons. The molecule has 3 heterocycles.